The average molecular weight is 339 g/mol. The van der Waals surface area contributed by atoms with Gasteiger partial charge in [-0.1, -0.05) is 60.7 Å². The highest BCUT2D eigenvalue weighted by Crippen LogP contribution is 2.36. The summed E-state index contributed by atoms with van der Waals surface area (Å²) < 4.78 is 6.42. The zero-order valence-corrected chi connectivity index (χ0v) is 14.9. The van der Waals surface area contributed by atoms with E-state index >= 15 is 0 Å². The molecule has 0 radical (unpaired) electrons. The van der Waals surface area contributed by atoms with E-state index in [1.54, 1.807) is 0 Å². The number of carbonyl (C=O) groups excluding carboxylic acids is 1. The Labute approximate surface area is 149 Å². The number of amides is 1. The van der Waals surface area contributed by atoms with Crippen LogP contribution >= 0.6 is 0 Å². The summed E-state index contributed by atoms with van der Waals surface area (Å²) >= 11 is 0. The summed E-state index contributed by atoms with van der Waals surface area (Å²) in [5, 5.41) is 0. The zero-order chi connectivity index (χ0) is 17.8. The third-order valence-electron chi connectivity index (χ3n) is 5.53. The number of likely N-dealkylation sites (N-methyl/N-ethyl adjacent to an activating group) is 1. The highest BCUT2D eigenvalue weighted by Gasteiger charge is 2.42. The number of nitrogens with zero attached hydrogens (tertiary/aromatic N) is 1. The molecule has 0 atom stereocenters. The number of ether oxygens (including phenoxy) is 1. The first kappa shape index (κ1) is 17.6. The van der Waals surface area contributed by atoms with E-state index in [9.17, 15) is 4.79 Å². The van der Waals surface area contributed by atoms with Crippen molar-refractivity contribution >= 4 is 5.91 Å². The number of morpholine rings is 1. The predicted molar refractivity (Wildman–Crippen MR) is 99.1 cm³/mol. The molecule has 0 bridgehead atoms. The maximum Gasteiger partial charge on any atom is 0.232 e. The summed E-state index contributed by atoms with van der Waals surface area (Å²) in [7, 11) is 2.24. The molecule has 0 spiro atoms. The first-order chi connectivity index (χ1) is 12.1. The third kappa shape index (κ3) is 3.60. The standard InChI is InChI=1S/C21H26N2O2/c1-23(14-16-25-17-15-23)13-12-21(20(22)24,18-8-4-2-5-9-18)19-10-6-3-7-11-19/h2-11H,12-17H2,1H3,(H-,22,24)/p+1. The second-order valence-electron chi connectivity index (χ2n) is 7.15. The molecule has 0 saturated carbocycles. The molecular weight excluding hydrogens is 312 g/mol. The lowest BCUT2D eigenvalue weighted by atomic mass is 9.71. The molecule has 4 heteroatoms. The first-order valence-corrected chi connectivity index (χ1v) is 8.89. The molecule has 4 nitrogen and oxygen atoms in total. The molecule has 0 aromatic heterocycles. The van der Waals surface area contributed by atoms with E-state index in [1.807, 2.05) is 60.7 Å². The maximum absolute atomic E-state index is 12.8. The largest absolute Gasteiger partial charge is 0.370 e. The molecule has 1 saturated heterocycles. The van der Waals surface area contributed by atoms with Crippen molar-refractivity contribution in [2.75, 3.05) is 39.9 Å². The molecule has 1 aliphatic heterocycles. The molecule has 2 aromatic carbocycles. The minimum atomic E-state index is -0.803. The van der Waals surface area contributed by atoms with Gasteiger partial charge in [0.15, 0.2) is 0 Å². The topological polar surface area (TPSA) is 52.3 Å². The minimum Gasteiger partial charge on any atom is -0.370 e. The molecule has 1 amide bonds. The Morgan fingerprint density at radius 2 is 1.48 bits per heavy atom. The second-order valence-corrected chi connectivity index (χ2v) is 7.15. The highest BCUT2D eigenvalue weighted by atomic mass is 16.5. The van der Waals surface area contributed by atoms with Gasteiger partial charge in [-0.05, 0) is 11.1 Å². The molecular formula is C21H27N2O2+. The van der Waals surface area contributed by atoms with Gasteiger partial charge < -0.3 is 15.0 Å². The smallest absolute Gasteiger partial charge is 0.232 e. The molecule has 25 heavy (non-hydrogen) atoms. The number of rotatable bonds is 6. The molecule has 2 aromatic rings. The van der Waals surface area contributed by atoms with Crippen LogP contribution in [0.2, 0.25) is 0 Å². The summed E-state index contributed by atoms with van der Waals surface area (Å²) in [6, 6.07) is 19.9. The van der Waals surface area contributed by atoms with Crippen molar-refractivity contribution in [3.8, 4) is 0 Å². The molecule has 0 unspecified atom stereocenters. The van der Waals surface area contributed by atoms with Crippen molar-refractivity contribution < 1.29 is 14.0 Å². The van der Waals surface area contributed by atoms with Gasteiger partial charge in [0.1, 0.15) is 18.5 Å². The Morgan fingerprint density at radius 3 is 1.92 bits per heavy atom. The van der Waals surface area contributed by atoms with E-state index in [2.05, 4.69) is 7.05 Å². The Hall–Kier alpha value is -2.17. The van der Waals surface area contributed by atoms with Gasteiger partial charge in [0.2, 0.25) is 5.91 Å². The van der Waals surface area contributed by atoms with Crippen LogP contribution in [0.4, 0.5) is 0 Å². The van der Waals surface area contributed by atoms with Gasteiger partial charge in [0, 0.05) is 6.42 Å². The highest BCUT2D eigenvalue weighted by molar-refractivity contribution is 5.90. The third-order valence-corrected chi connectivity index (χ3v) is 5.53. The van der Waals surface area contributed by atoms with E-state index in [4.69, 9.17) is 10.5 Å². The maximum atomic E-state index is 12.8. The molecule has 1 fully saturated rings. The molecule has 132 valence electrons. The minimum absolute atomic E-state index is 0.287. The first-order valence-electron chi connectivity index (χ1n) is 8.89. The number of nitrogens with two attached hydrogens (primary N) is 1. The summed E-state index contributed by atoms with van der Waals surface area (Å²) in [5.41, 5.74) is 7.15. The van der Waals surface area contributed by atoms with Crippen LogP contribution in [0.5, 0.6) is 0 Å². The van der Waals surface area contributed by atoms with Crippen molar-refractivity contribution in [1.82, 2.24) is 0 Å². The quantitative estimate of drug-likeness (QED) is 0.821. The molecule has 0 aliphatic carbocycles. The van der Waals surface area contributed by atoms with Crippen molar-refractivity contribution in [3.63, 3.8) is 0 Å². The second kappa shape index (κ2) is 7.38. The fraction of sp³-hybridized carbons (Fsp3) is 0.381. The average Bonchev–Trinajstić information content (AvgIpc) is 2.64. The van der Waals surface area contributed by atoms with Gasteiger partial charge in [-0.25, -0.2) is 0 Å². The van der Waals surface area contributed by atoms with Gasteiger partial charge in [-0.2, -0.15) is 0 Å². The van der Waals surface area contributed by atoms with Crippen LogP contribution in [-0.4, -0.2) is 50.3 Å². The fourth-order valence-corrected chi connectivity index (χ4v) is 3.75. The Bertz CT molecular complexity index is 655. The van der Waals surface area contributed by atoms with Crippen molar-refractivity contribution in [2.45, 2.75) is 11.8 Å². The van der Waals surface area contributed by atoms with E-state index < -0.39 is 5.41 Å². The van der Waals surface area contributed by atoms with Crippen LogP contribution < -0.4 is 5.73 Å². The molecule has 2 N–H and O–H groups in total. The van der Waals surface area contributed by atoms with Gasteiger partial charge in [-0.3, -0.25) is 4.79 Å². The number of hydrogen-bond acceptors (Lipinski definition) is 2. The number of benzene rings is 2. The lowest BCUT2D eigenvalue weighted by Crippen LogP contribution is -2.55. The normalized spacial score (nSPS) is 17.2. The van der Waals surface area contributed by atoms with Gasteiger partial charge in [0.25, 0.3) is 0 Å². The molecule has 1 aliphatic rings. The van der Waals surface area contributed by atoms with Gasteiger partial charge >= 0.3 is 0 Å². The number of hydrogen-bond donors (Lipinski definition) is 1. The van der Waals surface area contributed by atoms with Gasteiger partial charge in [0.05, 0.1) is 26.8 Å². The van der Waals surface area contributed by atoms with Crippen molar-refractivity contribution in [2.24, 2.45) is 5.73 Å². The van der Waals surface area contributed by atoms with Crippen LogP contribution in [0.15, 0.2) is 60.7 Å². The van der Waals surface area contributed by atoms with E-state index in [-0.39, 0.29) is 5.91 Å². The van der Waals surface area contributed by atoms with E-state index in [1.165, 1.54) is 0 Å². The summed E-state index contributed by atoms with van der Waals surface area (Å²) in [5.74, 6) is -0.287. The van der Waals surface area contributed by atoms with Crippen LogP contribution in [0.1, 0.15) is 17.5 Å². The lowest BCUT2D eigenvalue weighted by Gasteiger charge is -2.41. The number of primary amides is 1. The van der Waals surface area contributed by atoms with Crippen LogP contribution in [-0.2, 0) is 14.9 Å². The van der Waals surface area contributed by atoms with Crippen LogP contribution in [0, 0.1) is 0 Å². The number of quaternary nitrogens is 1. The number of carbonyl (C=O) groups is 1. The van der Waals surface area contributed by atoms with Crippen LogP contribution in [0.3, 0.4) is 0 Å². The Kier molecular flexibility index (Phi) is 5.21. The van der Waals surface area contributed by atoms with Gasteiger partial charge in [-0.15, -0.1) is 0 Å². The van der Waals surface area contributed by atoms with Crippen molar-refractivity contribution in [3.05, 3.63) is 71.8 Å². The molecule has 3 rings (SSSR count). The Morgan fingerprint density at radius 1 is 1.00 bits per heavy atom. The van der Waals surface area contributed by atoms with Crippen molar-refractivity contribution in [1.29, 1.82) is 0 Å². The predicted octanol–water partition coefficient (Wildman–Crippen LogP) is 2.32. The summed E-state index contributed by atoms with van der Waals surface area (Å²) in [6.07, 6.45) is 0.687. The Balaban J connectivity index is 2.00. The van der Waals surface area contributed by atoms with Crippen LogP contribution in [0.25, 0.3) is 0 Å². The fourth-order valence-electron chi connectivity index (χ4n) is 3.75. The lowest BCUT2D eigenvalue weighted by molar-refractivity contribution is -0.917. The van der Waals surface area contributed by atoms with E-state index in [0.717, 1.165) is 48.5 Å². The summed E-state index contributed by atoms with van der Waals surface area (Å²) in [6.45, 7) is 4.38. The summed E-state index contributed by atoms with van der Waals surface area (Å²) in [4.78, 5) is 12.8. The SMILES string of the molecule is C[N+]1(CCC(C(N)=O)(c2ccccc2)c2ccccc2)CCOCC1. The monoisotopic (exact) mass is 339 g/mol. The molecule has 1 heterocycles. The van der Waals surface area contributed by atoms with E-state index in [0.29, 0.717) is 6.42 Å². The zero-order valence-electron chi connectivity index (χ0n) is 14.9.